The third-order valence-electron chi connectivity index (χ3n) is 3.83. The van der Waals surface area contributed by atoms with Gasteiger partial charge in [-0.1, -0.05) is 61.4 Å². The van der Waals surface area contributed by atoms with Gasteiger partial charge in [0.2, 0.25) is 5.89 Å². The van der Waals surface area contributed by atoms with Gasteiger partial charge in [-0.25, -0.2) is 0 Å². The second kappa shape index (κ2) is 8.29. The van der Waals surface area contributed by atoms with Crippen LogP contribution in [0.25, 0.3) is 0 Å². The van der Waals surface area contributed by atoms with Crippen LogP contribution in [0.5, 0.6) is 5.75 Å². The third-order valence-corrected chi connectivity index (χ3v) is 3.83. The fourth-order valence-corrected chi connectivity index (χ4v) is 2.39. The molecule has 0 bridgehead atoms. The Morgan fingerprint density at radius 2 is 1.81 bits per heavy atom. The van der Waals surface area contributed by atoms with Crippen LogP contribution in [-0.4, -0.2) is 22.7 Å². The van der Waals surface area contributed by atoms with E-state index >= 15 is 0 Å². The molecule has 6 heteroatoms. The van der Waals surface area contributed by atoms with Crippen molar-refractivity contribution >= 4 is 11.9 Å². The molecule has 0 aliphatic carbocycles. The lowest BCUT2D eigenvalue weighted by atomic mass is 10.0. The monoisotopic (exact) mass is 351 g/mol. The lowest BCUT2D eigenvalue weighted by molar-refractivity contribution is -0.118. The van der Waals surface area contributed by atoms with Gasteiger partial charge in [-0.3, -0.25) is 10.1 Å². The van der Waals surface area contributed by atoms with E-state index in [-0.39, 0.29) is 18.5 Å². The molecule has 0 saturated carbocycles. The largest absolute Gasteiger partial charge is 0.484 e. The van der Waals surface area contributed by atoms with Crippen molar-refractivity contribution in [1.29, 1.82) is 0 Å². The van der Waals surface area contributed by atoms with Crippen molar-refractivity contribution in [2.75, 3.05) is 11.9 Å². The quantitative estimate of drug-likeness (QED) is 0.700. The van der Waals surface area contributed by atoms with Crippen molar-refractivity contribution in [3.8, 4) is 5.75 Å². The first-order chi connectivity index (χ1) is 12.6. The number of aromatic nitrogens is 2. The summed E-state index contributed by atoms with van der Waals surface area (Å²) in [5, 5.41) is 10.4. The van der Waals surface area contributed by atoms with Gasteiger partial charge in [0.05, 0.1) is 6.42 Å². The highest BCUT2D eigenvalue weighted by molar-refractivity contribution is 5.89. The predicted molar refractivity (Wildman–Crippen MR) is 98.2 cm³/mol. The van der Waals surface area contributed by atoms with Crippen LogP contribution in [0.3, 0.4) is 0 Å². The van der Waals surface area contributed by atoms with E-state index in [0.29, 0.717) is 24.0 Å². The first-order valence-corrected chi connectivity index (χ1v) is 8.49. The highest BCUT2D eigenvalue weighted by Gasteiger charge is 2.11. The first kappa shape index (κ1) is 17.7. The smallest absolute Gasteiger partial charge is 0.322 e. The van der Waals surface area contributed by atoms with Crippen molar-refractivity contribution in [3.63, 3.8) is 0 Å². The molecule has 6 nitrogen and oxygen atoms in total. The van der Waals surface area contributed by atoms with Gasteiger partial charge in [0.15, 0.2) is 6.61 Å². The summed E-state index contributed by atoms with van der Waals surface area (Å²) in [5.41, 5.74) is 2.36. The Kier molecular flexibility index (Phi) is 5.63. The summed E-state index contributed by atoms with van der Waals surface area (Å²) in [6.07, 6.45) is 0.516. The van der Waals surface area contributed by atoms with Crippen LogP contribution in [0.15, 0.2) is 59.0 Å². The summed E-state index contributed by atoms with van der Waals surface area (Å²) >= 11 is 0. The van der Waals surface area contributed by atoms with Gasteiger partial charge in [-0.05, 0) is 29.2 Å². The molecule has 0 atom stereocenters. The molecular formula is C20H21N3O3. The molecule has 3 rings (SSSR count). The minimum Gasteiger partial charge on any atom is -0.484 e. The average molecular weight is 351 g/mol. The molecule has 0 saturated heterocycles. The van der Waals surface area contributed by atoms with E-state index in [0.717, 1.165) is 5.56 Å². The number of para-hydroxylation sites is 1. The number of benzene rings is 2. The van der Waals surface area contributed by atoms with Crippen LogP contribution in [0, 0.1) is 0 Å². The minimum absolute atomic E-state index is 0.0699. The van der Waals surface area contributed by atoms with E-state index in [1.54, 1.807) is 12.1 Å². The molecule has 0 spiro atoms. The fourth-order valence-electron chi connectivity index (χ4n) is 2.39. The standard InChI is InChI=1S/C20H21N3O3/c1-14(2)16-10-8-15(9-11-16)12-19-22-23-20(26-19)21-18(24)13-25-17-6-4-3-5-7-17/h3-11,14H,12-13H2,1-2H3,(H,21,23,24). The molecule has 3 aromatic rings. The summed E-state index contributed by atoms with van der Waals surface area (Å²) in [7, 11) is 0. The Balaban J connectivity index is 1.51. The zero-order valence-electron chi connectivity index (χ0n) is 14.8. The van der Waals surface area contributed by atoms with Crippen molar-refractivity contribution in [2.24, 2.45) is 0 Å². The van der Waals surface area contributed by atoms with Gasteiger partial charge in [0.25, 0.3) is 5.91 Å². The van der Waals surface area contributed by atoms with Crippen molar-refractivity contribution in [2.45, 2.75) is 26.2 Å². The summed E-state index contributed by atoms with van der Waals surface area (Å²) in [6.45, 7) is 4.19. The van der Waals surface area contributed by atoms with Crippen LogP contribution >= 0.6 is 0 Å². The number of carbonyl (C=O) groups is 1. The summed E-state index contributed by atoms with van der Waals surface area (Å²) in [6, 6.07) is 17.5. The molecule has 0 unspecified atom stereocenters. The number of ether oxygens (including phenoxy) is 1. The topological polar surface area (TPSA) is 77.2 Å². The highest BCUT2D eigenvalue weighted by atomic mass is 16.5. The van der Waals surface area contributed by atoms with Crippen molar-refractivity contribution < 1.29 is 13.9 Å². The van der Waals surface area contributed by atoms with Crippen LogP contribution in [0.2, 0.25) is 0 Å². The minimum atomic E-state index is -0.356. The Labute approximate surface area is 152 Å². The normalized spacial score (nSPS) is 10.7. The van der Waals surface area contributed by atoms with Crippen LogP contribution in [0.1, 0.15) is 36.8 Å². The lowest BCUT2D eigenvalue weighted by Gasteiger charge is -2.05. The number of anilines is 1. The molecule has 1 amide bonds. The van der Waals surface area contributed by atoms with Gasteiger partial charge >= 0.3 is 6.01 Å². The number of rotatable bonds is 7. The molecular weight excluding hydrogens is 330 g/mol. The summed E-state index contributed by atoms with van der Waals surface area (Å²) < 4.78 is 10.8. The van der Waals surface area contributed by atoms with E-state index < -0.39 is 0 Å². The maximum absolute atomic E-state index is 11.9. The Hall–Kier alpha value is -3.15. The van der Waals surface area contributed by atoms with Crippen molar-refractivity contribution in [1.82, 2.24) is 10.2 Å². The number of hydrogen-bond acceptors (Lipinski definition) is 5. The summed E-state index contributed by atoms with van der Waals surface area (Å²) in [5.74, 6) is 1.21. The maximum atomic E-state index is 11.9. The zero-order valence-corrected chi connectivity index (χ0v) is 14.8. The molecule has 1 N–H and O–H groups in total. The first-order valence-electron chi connectivity index (χ1n) is 8.49. The molecule has 1 aromatic heterocycles. The number of nitrogens with zero attached hydrogens (tertiary/aromatic N) is 2. The van der Waals surface area contributed by atoms with Crippen LogP contribution in [-0.2, 0) is 11.2 Å². The Bertz CT molecular complexity index is 842. The van der Waals surface area contributed by atoms with Gasteiger partial charge < -0.3 is 9.15 Å². The highest BCUT2D eigenvalue weighted by Crippen LogP contribution is 2.17. The zero-order chi connectivity index (χ0) is 18.4. The Morgan fingerprint density at radius 1 is 1.08 bits per heavy atom. The van der Waals surface area contributed by atoms with E-state index in [4.69, 9.17) is 9.15 Å². The van der Waals surface area contributed by atoms with Gasteiger partial charge in [0, 0.05) is 0 Å². The van der Waals surface area contributed by atoms with Crippen LogP contribution in [0.4, 0.5) is 6.01 Å². The van der Waals surface area contributed by atoms with Gasteiger partial charge in [-0.2, -0.15) is 0 Å². The second-order valence-electron chi connectivity index (χ2n) is 6.22. The predicted octanol–water partition coefficient (Wildman–Crippen LogP) is 3.80. The van der Waals surface area contributed by atoms with Crippen molar-refractivity contribution in [3.05, 3.63) is 71.6 Å². The SMILES string of the molecule is CC(C)c1ccc(Cc2nnc(NC(=O)COc3ccccc3)o2)cc1. The molecule has 0 aliphatic heterocycles. The van der Waals surface area contributed by atoms with Gasteiger partial charge in [-0.15, -0.1) is 5.10 Å². The second-order valence-corrected chi connectivity index (χ2v) is 6.22. The lowest BCUT2D eigenvalue weighted by Crippen LogP contribution is -2.20. The van der Waals surface area contributed by atoms with E-state index in [2.05, 4.69) is 41.5 Å². The van der Waals surface area contributed by atoms with E-state index in [9.17, 15) is 4.79 Å². The number of carbonyl (C=O) groups excluding carboxylic acids is 1. The molecule has 0 fully saturated rings. The molecule has 0 radical (unpaired) electrons. The number of hydrogen-bond donors (Lipinski definition) is 1. The van der Waals surface area contributed by atoms with E-state index in [1.165, 1.54) is 5.56 Å². The molecule has 1 heterocycles. The fraction of sp³-hybridized carbons (Fsp3) is 0.250. The van der Waals surface area contributed by atoms with Gasteiger partial charge in [0.1, 0.15) is 5.75 Å². The molecule has 26 heavy (non-hydrogen) atoms. The summed E-state index contributed by atoms with van der Waals surface area (Å²) in [4.78, 5) is 11.9. The third kappa shape index (κ3) is 4.92. The molecule has 134 valence electrons. The Morgan fingerprint density at radius 3 is 2.50 bits per heavy atom. The molecule has 0 aliphatic rings. The number of amides is 1. The van der Waals surface area contributed by atoms with E-state index in [1.807, 2.05) is 30.3 Å². The van der Waals surface area contributed by atoms with Crippen LogP contribution < -0.4 is 10.1 Å². The maximum Gasteiger partial charge on any atom is 0.322 e. The molecule has 2 aromatic carbocycles. The number of nitrogens with one attached hydrogen (secondary N) is 1. The average Bonchev–Trinajstić information content (AvgIpc) is 3.08.